The quantitative estimate of drug-likeness (QED) is 0.549. The Morgan fingerprint density at radius 3 is 2.21 bits per heavy atom. The summed E-state index contributed by atoms with van der Waals surface area (Å²) in [5, 5.41) is 0. The summed E-state index contributed by atoms with van der Waals surface area (Å²) in [6.45, 7) is 2.09. The minimum Gasteiger partial charge on any atom is -0.497 e. The maximum Gasteiger partial charge on any atom is 0.338 e. The molecule has 0 radical (unpaired) electrons. The van der Waals surface area contributed by atoms with Gasteiger partial charge in [0.1, 0.15) is 11.8 Å². The number of methoxy groups -OCH3 is 1. The van der Waals surface area contributed by atoms with E-state index in [0.717, 1.165) is 22.6 Å². The van der Waals surface area contributed by atoms with Crippen LogP contribution in [0.2, 0.25) is 0 Å². The van der Waals surface area contributed by atoms with Crippen LogP contribution in [-0.4, -0.2) is 31.6 Å². The van der Waals surface area contributed by atoms with Gasteiger partial charge in [0, 0.05) is 11.6 Å². The van der Waals surface area contributed by atoms with Crippen LogP contribution in [0.1, 0.15) is 40.5 Å². The summed E-state index contributed by atoms with van der Waals surface area (Å²) in [6, 6.07) is 24.4. The van der Waals surface area contributed by atoms with E-state index in [0.29, 0.717) is 12.2 Å². The Labute approximate surface area is 198 Å². The van der Waals surface area contributed by atoms with Gasteiger partial charge < -0.3 is 14.4 Å². The minimum absolute atomic E-state index is 0.00810. The molecule has 174 valence electrons. The number of hydrazine groups is 1. The fourth-order valence-electron chi connectivity index (χ4n) is 5.01. The van der Waals surface area contributed by atoms with Crippen LogP contribution in [0.25, 0.3) is 0 Å². The zero-order chi connectivity index (χ0) is 23.7. The number of carbonyl (C=O) groups is 2. The number of anilines is 1. The first-order valence-corrected chi connectivity index (χ1v) is 11.4. The van der Waals surface area contributed by atoms with Gasteiger partial charge in [-0.25, -0.2) is 15.6 Å². The molecule has 2 aliphatic heterocycles. The number of esters is 1. The molecular formula is C27H27N3O4. The molecule has 2 fully saturated rings. The van der Waals surface area contributed by atoms with Crippen molar-refractivity contribution in [2.75, 3.05) is 18.6 Å². The van der Waals surface area contributed by atoms with Crippen LogP contribution in [-0.2, 0) is 9.53 Å². The minimum atomic E-state index is -0.387. The molecule has 1 amide bonds. The van der Waals surface area contributed by atoms with Gasteiger partial charge in [-0.2, -0.15) is 0 Å². The highest BCUT2D eigenvalue weighted by atomic mass is 16.5. The van der Waals surface area contributed by atoms with Gasteiger partial charge in [-0.05, 0) is 54.4 Å². The molecule has 2 aliphatic rings. The zero-order valence-electron chi connectivity index (χ0n) is 19.1. The SMILES string of the molecule is CCOC(=O)c1ccc(N2C(=O)C3NNC(c4ccc(OC)cc4)C3C2c2ccccc2)cc1. The van der Waals surface area contributed by atoms with Gasteiger partial charge in [0.2, 0.25) is 5.91 Å². The summed E-state index contributed by atoms with van der Waals surface area (Å²) in [5.74, 6) is 0.361. The van der Waals surface area contributed by atoms with Gasteiger partial charge in [0.25, 0.3) is 0 Å². The lowest BCUT2D eigenvalue weighted by atomic mass is 9.83. The van der Waals surface area contributed by atoms with Crippen LogP contribution < -0.4 is 20.5 Å². The number of fused-ring (bicyclic) bond motifs is 1. The monoisotopic (exact) mass is 457 g/mol. The van der Waals surface area contributed by atoms with E-state index >= 15 is 0 Å². The highest BCUT2D eigenvalue weighted by Gasteiger charge is 2.55. The van der Waals surface area contributed by atoms with Crippen molar-refractivity contribution in [1.82, 2.24) is 10.9 Å². The maximum absolute atomic E-state index is 13.7. The highest BCUT2D eigenvalue weighted by molar-refractivity contribution is 6.02. The Kier molecular flexibility index (Phi) is 6.04. The normalized spacial score (nSPS) is 23.6. The first-order chi connectivity index (χ1) is 16.6. The van der Waals surface area contributed by atoms with Crippen LogP contribution in [0.3, 0.4) is 0 Å². The van der Waals surface area contributed by atoms with E-state index in [1.807, 2.05) is 59.5 Å². The molecule has 0 bridgehead atoms. The summed E-state index contributed by atoms with van der Waals surface area (Å²) in [4.78, 5) is 27.6. The molecule has 7 nitrogen and oxygen atoms in total. The Bertz CT molecular complexity index is 1160. The molecule has 3 aromatic rings. The number of rotatable bonds is 6. The lowest BCUT2D eigenvalue weighted by Crippen LogP contribution is -2.41. The number of hydrogen-bond acceptors (Lipinski definition) is 6. The molecule has 2 heterocycles. The Balaban J connectivity index is 1.53. The van der Waals surface area contributed by atoms with Gasteiger partial charge in [0.05, 0.1) is 31.4 Å². The summed E-state index contributed by atoms with van der Waals surface area (Å²) in [6.07, 6.45) is 0. The van der Waals surface area contributed by atoms with Gasteiger partial charge in [-0.1, -0.05) is 42.5 Å². The van der Waals surface area contributed by atoms with E-state index in [1.54, 1.807) is 26.2 Å². The standard InChI is InChI=1S/C27H27N3O4/c1-3-34-27(32)19-9-13-20(14-10-19)30-25(18-7-5-4-6-8-18)22-23(28-29-24(22)26(30)31)17-11-15-21(33-2)16-12-17/h4-16,22-25,28-29H,3H2,1-2H3. The predicted molar refractivity (Wildman–Crippen MR) is 128 cm³/mol. The van der Waals surface area contributed by atoms with Crippen LogP contribution in [0.15, 0.2) is 78.9 Å². The third-order valence-corrected chi connectivity index (χ3v) is 6.58. The molecule has 2 saturated heterocycles. The second-order valence-corrected chi connectivity index (χ2v) is 8.43. The fraction of sp³-hybridized carbons (Fsp3) is 0.259. The number of hydrogen-bond donors (Lipinski definition) is 2. The maximum atomic E-state index is 13.7. The predicted octanol–water partition coefficient (Wildman–Crippen LogP) is 3.79. The zero-order valence-corrected chi connectivity index (χ0v) is 19.1. The number of carbonyl (C=O) groups excluding carboxylic acids is 2. The first kappa shape index (κ1) is 22.1. The van der Waals surface area contributed by atoms with Crippen molar-refractivity contribution in [3.05, 3.63) is 95.6 Å². The molecule has 5 rings (SSSR count). The first-order valence-electron chi connectivity index (χ1n) is 11.4. The van der Waals surface area contributed by atoms with Crippen molar-refractivity contribution in [3.63, 3.8) is 0 Å². The molecule has 0 spiro atoms. The smallest absolute Gasteiger partial charge is 0.338 e. The van der Waals surface area contributed by atoms with Crippen molar-refractivity contribution < 1.29 is 19.1 Å². The van der Waals surface area contributed by atoms with Crippen LogP contribution in [0.4, 0.5) is 5.69 Å². The van der Waals surface area contributed by atoms with Crippen molar-refractivity contribution in [1.29, 1.82) is 0 Å². The van der Waals surface area contributed by atoms with E-state index in [9.17, 15) is 9.59 Å². The average molecular weight is 458 g/mol. The molecule has 0 aromatic heterocycles. The van der Waals surface area contributed by atoms with Gasteiger partial charge in [-0.15, -0.1) is 0 Å². The third-order valence-electron chi connectivity index (χ3n) is 6.58. The molecule has 3 aromatic carbocycles. The molecule has 4 atom stereocenters. The van der Waals surface area contributed by atoms with Crippen molar-refractivity contribution >= 4 is 17.6 Å². The fourth-order valence-corrected chi connectivity index (χ4v) is 5.01. The number of nitrogens with zero attached hydrogens (tertiary/aromatic N) is 1. The lowest BCUT2D eigenvalue weighted by molar-refractivity contribution is -0.119. The van der Waals surface area contributed by atoms with E-state index in [4.69, 9.17) is 9.47 Å². The van der Waals surface area contributed by atoms with Crippen molar-refractivity contribution in [3.8, 4) is 5.75 Å². The van der Waals surface area contributed by atoms with E-state index < -0.39 is 0 Å². The highest BCUT2D eigenvalue weighted by Crippen LogP contribution is 2.48. The second-order valence-electron chi connectivity index (χ2n) is 8.43. The number of amides is 1. The second kappa shape index (κ2) is 9.29. The Hall–Kier alpha value is -3.68. The molecule has 0 saturated carbocycles. The third kappa shape index (κ3) is 3.83. The lowest BCUT2D eigenvalue weighted by Gasteiger charge is -2.31. The van der Waals surface area contributed by atoms with Crippen LogP contribution >= 0.6 is 0 Å². The molecule has 34 heavy (non-hydrogen) atoms. The van der Waals surface area contributed by atoms with Crippen molar-refractivity contribution in [2.45, 2.75) is 25.0 Å². The van der Waals surface area contributed by atoms with Gasteiger partial charge in [-0.3, -0.25) is 4.79 Å². The largest absolute Gasteiger partial charge is 0.497 e. The summed E-state index contributed by atoms with van der Waals surface area (Å²) < 4.78 is 10.4. The van der Waals surface area contributed by atoms with Crippen LogP contribution in [0.5, 0.6) is 5.75 Å². The Morgan fingerprint density at radius 2 is 1.56 bits per heavy atom. The molecule has 2 N–H and O–H groups in total. The summed E-state index contributed by atoms with van der Waals surface area (Å²) >= 11 is 0. The van der Waals surface area contributed by atoms with Crippen molar-refractivity contribution in [2.24, 2.45) is 5.92 Å². The van der Waals surface area contributed by atoms with Crippen LogP contribution in [0, 0.1) is 5.92 Å². The molecular weight excluding hydrogens is 430 g/mol. The molecule has 4 unspecified atom stereocenters. The Morgan fingerprint density at radius 1 is 0.882 bits per heavy atom. The molecule has 7 heteroatoms. The van der Waals surface area contributed by atoms with Gasteiger partial charge in [0.15, 0.2) is 0 Å². The summed E-state index contributed by atoms with van der Waals surface area (Å²) in [7, 11) is 1.65. The molecule has 0 aliphatic carbocycles. The number of ether oxygens (including phenoxy) is 2. The van der Waals surface area contributed by atoms with E-state index in [1.165, 1.54) is 0 Å². The van der Waals surface area contributed by atoms with E-state index in [2.05, 4.69) is 23.0 Å². The van der Waals surface area contributed by atoms with E-state index in [-0.39, 0.29) is 35.9 Å². The number of nitrogens with one attached hydrogen (secondary N) is 2. The topological polar surface area (TPSA) is 79.9 Å². The summed E-state index contributed by atoms with van der Waals surface area (Å²) in [5.41, 5.74) is 9.94. The average Bonchev–Trinajstić information content (AvgIpc) is 3.44. The van der Waals surface area contributed by atoms with Gasteiger partial charge >= 0.3 is 5.97 Å². The number of benzene rings is 3.